The van der Waals surface area contributed by atoms with E-state index in [-0.39, 0.29) is 17.7 Å². The zero-order valence-corrected chi connectivity index (χ0v) is 23.2. The number of hydrogen-bond donors (Lipinski definition) is 1. The number of benzene rings is 2. The van der Waals surface area contributed by atoms with Crippen LogP contribution in [0.1, 0.15) is 40.4 Å². The zero-order valence-electron chi connectivity index (χ0n) is 23.2. The topological polar surface area (TPSA) is 97.8 Å². The number of aromatic carboxylic acids is 1. The van der Waals surface area contributed by atoms with E-state index in [1.54, 1.807) is 10.7 Å². The molecule has 42 heavy (non-hydrogen) atoms. The second-order valence-electron chi connectivity index (χ2n) is 10.8. The summed E-state index contributed by atoms with van der Waals surface area (Å²) in [5.74, 6) is -0.319. The fraction of sp³-hybridized carbons (Fsp3) is 0.212. The van der Waals surface area contributed by atoms with Crippen LogP contribution in [0, 0.1) is 0 Å². The van der Waals surface area contributed by atoms with Crippen LogP contribution in [0.4, 0.5) is 5.82 Å². The van der Waals surface area contributed by atoms with E-state index in [0.29, 0.717) is 24.5 Å². The SMILES string of the molecule is CN(Cc1ccccc1)c1cc(-c2cn(C3CC(OCc4ccccc4)C3)c3ncccc23)nc2c(C(=O)O)cnn12. The van der Waals surface area contributed by atoms with Crippen LogP contribution in [0.25, 0.3) is 27.9 Å². The molecule has 2 aromatic carbocycles. The lowest BCUT2D eigenvalue weighted by Crippen LogP contribution is -2.33. The first kappa shape index (κ1) is 25.9. The Labute approximate surface area is 242 Å². The largest absolute Gasteiger partial charge is 0.477 e. The molecular weight excluding hydrogens is 528 g/mol. The minimum Gasteiger partial charge on any atom is -0.477 e. The summed E-state index contributed by atoms with van der Waals surface area (Å²) in [6.07, 6.45) is 7.26. The number of pyridine rings is 1. The molecule has 9 heteroatoms. The zero-order chi connectivity index (χ0) is 28.6. The van der Waals surface area contributed by atoms with Gasteiger partial charge in [-0.3, -0.25) is 0 Å². The van der Waals surface area contributed by atoms with Crippen LogP contribution in [-0.4, -0.2) is 48.4 Å². The number of ether oxygens (including phenoxy) is 1. The van der Waals surface area contributed by atoms with E-state index in [9.17, 15) is 9.90 Å². The molecule has 1 fully saturated rings. The summed E-state index contributed by atoms with van der Waals surface area (Å²) in [4.78, 5) is 23.7. The molecule has 1 aliphatic rings. The van der Waals surface area contributed by atoms with Crippen molar-refractivity contribution in [2.24, 2.45) is 0 Å². The van der Waals surface area contributed by atoms with Crippen LogP contribution in [0.3, 0.4) is 0 Å². The maximum Gasteiger partial charge on any atom is 0.341 e. The lowest BCUT2D eigenvalue weighted by Gasteiger charge is -2.36. The van der Waals surface area contributed by atoms with E-state index < -0.39 is 5.97 Å². The highest BCUT2D eigenvalue weighted by atomic mass is 16.5. The van der Waals surface area contributed by atoms with Crippen molar-refractivity contribution in [3.63, 3.8) is 0 Å². The molecule has 0 aliphatic heterocycles. The summed E-state index contributed by atoms with van der Waals surface area (Å²) >= 11 is 0. The molecule has 1 saturated carbocycles. The Morgan fingerprint density at radius 3 is 2.48 bits per heavy atom. The highest BCUT2D eigenvalue weighted by molar-refractivity contribution is 5.97. The minimum absolute atomic E-state index is 0.0606. The minimum atomic E-state index is -1.06. The van der Waals surface area contributed by atoms with E-state index >= 15 is 0 Å². The quantitative estimate of drug-likeness (QED) is 0.232. The molecule has 4 aromatic heterocycles. The molecule has 0 saturated heterocycles. The van der Waals surface area contributed by atoms with Gasteiger partial charge >= 0.3 is 5.97 Å². The number of carboxylic acid groups (broad SMARTS) is 1. The smallest absolute Gasteiger partial charge is 0.341 e. The van der Waals surface area contributed by atoms with Gasteiger partial charge in [0.05, 0.1) is 24.6 Å². The highest BCUT2D eigenvalue weighted by Gasteiger charge is 2.33. The number of rotatable bonds is 9. The van der Waals surface area contributed by atoms with Gasteiger partial charge in [0.15, 0.2) is 5.65 Å². The van der Waals surface area contributed by atoms with Crippen LogP contribution in [-0.2, 0) is 17.9 Å². The van der Waals surface area contributed by atoms with Gasteiger partial charge in [0.1, 0.15) is 17.0 Å². The Morgan fingerprint density at radius 1 is 1.00 bits per heavy atom. The Balaban J connectivity index is 1.24. The summed E-state index contributed by atoms with van der Waals surface area (Å²) in [6, 6.07) is 26.6. The molecule has 0 radical (unpaired) electrons. The molecule has 0 spiro atoms. The molecule has 1 aliphatic carbocycles. The van der Waals surface area contributed by atoms with Crippen LogP contribution in [0.5, 0.6) is 0 Å². The molecule has 4 heterocycles. The number of nitrogens with zero attached hydrogens (tertiary/aromatic N) is 6. The van der Waals surface area contributed by atoms with Crippen LogP contribution in [0.15, 0.2) is 97.5 Å². The van der Waals surface area contributed by atoms with Gasteiger partial charge in [-0.2, -0.15) is 9.61 Å². The van der Waals surface area contributed by atoms with Gasteiger partial charge in [0.2, 0.25) is 0 Å². The lowest BCUT2D eigenvalue weighted by molar-refractivity contribution is -0.0347. The van der Waals surface area contributed by atoms with E-state index in [4.69, 9.17) is 14.7 Å². The monoisotopic (exact) mass is 558 g/mol. The summed E-state index contributed by atoms with van der Waals surface area (Å²) < 4.78 is 10.00. The van der Waals surface area contributed by atoms with Gasteiger partial charge in [-0.25, -0.2) is 14.8 Å². The second kappa shape index (κ2) is 10.8. The van der Waals surface area contributed by atoms with Gasteiger partial charge in [0.25, 0.3) is 0 Å². The van der Waals surface area contributed by atoms with Crippen molar-refractivity contribution in [1.82, 2.24) is 24.1 Å². The normalized spacial score (nSPS) is 16.5. The predicted octanol–water partition coefficient (Wildman–Crippen LogP) is 6.00. The van der Waals surface area contributed by atoms with Crippen molar-refractivity contribution in [2.75, 3.05) is 11.9 Å². The van der Waals surface area contributed by atoms with Gasteiger partial charge in [-0.15, -0.1) is 0 Å². The van der Waals surface area contributed by atoms with E-state index in [0.717, 1.165) is 40.8 Å². The summed E-state index contributed by atoms with van der Waals surface area (Å²) in [6.45, 7) is 1.23. The number of carboxylic acids is 1. The maximum atomic E-state index is 12.1. The third-order valence-electron chi connectivity index (χ3n) is 7.99. The molecule has 0 amide bonds. The van der Waals surface area contributed by atoms with Gasteiger partial charge < -0.3 is 19.3 Å². The van der Waals surface area contributed by atoms with E-state index in [2.05, 4.69) is 45.0 Å². The fourth-order valence-corrected chi connectivity index (χ4v) is 5.70. The van der Waals surface area contributed by atoms with Crippen molar-refractivity contribution in [1.29, 1.82) is 0 Å². The predicted molar refractivity (Wildman–Crippen MR) is 161 cm³/mol. The molecule has 210 valence electrons. The van der Waals surface area contributed by atoms with Gasteiger partial charge in [-0.05, 0) is 36.1 Å². The van der Waals surface area contributed by atoms with Crippen LogP contribution < -0.4 is 4.90 Å². The van der Waals surface area contributed by atoms with Gasteiger partial charge in [0, 0.05) is 49.0 Å². The van der Waals surface area contributed by atoms with Crippen molar-refractivity contribution in [3.8, 4) is 11.3 Å². The Kier molecular flexibility index (Phi) is 6.64. The number of aromatic nitrogens is 5. The molecular formula is C33H30N6O3. The molecule has 0 unspecified atom stereocenters. The number of anilines is 1. The molecule has 6 aromatic rings. The van der Waals surface area contributed by atoms with Crippen LogP contribution >= 0.6 is 0 Å². The van der Waals surface area contributed by atoms with E-state index in [1.165, 1.54) is 11.8 Å². The first-order chi connectivity index (χ1) is 20.5. The number of carbonyl (C=O) groups is 1. The Hall–Kier alpha value is -5.02. The summed E-state index contributed by atoms with van der Waals surface area (Å²) in [7, 11) is 1.97. The molecule has 7 rings (SSSR count). The second-order valence-corrected chi connectivity index (χ2v) is 10.8. The first-order valence-electron chi connectivity index (χ1n) is 14.0. The Bertz CT molecular complexity index is 1880. The van der Waals surface area contributed by atoms with E-state index in [1.807, 2.05) is 61.6 Å². The van der Waals surface area contributed by atoms with Crippen molar-refractivity contribution in [2.45, 2.75) is 38.1 Å². The van der Waals surface area contributed by atoms with Crippen LogP contribution in [0.2, 0.25) is 0 Å². The van der Waals surface area contributed by atoms with Gasteiger partial charge in [-0.1, -0.05) is 60.7 Å². The fourth-order valence-electron chi connectivity index (χ4n) is 5.70. The molecule has 1 N–H and O–H groups in total. The average molecular weight is 559 g/mol. The molecule has 0 atom stereocenters. The van der Waals surface area contributed by atoms with Crippen molar-refractivity contribution >= 4 is 28.5 Å². The highest BCUT2D eigenvalue weighted by Crippen LogP contribution is 2.40. The maximum absolute atomic E-state index is 12.1. The van der Waals surface area contributed by atoms with Crippen molar-refractivity contribution in [3.05, 3.63) is 114 Å². The standard InChI is InChI=1S/C33H30N6O3/c1-37(19-22-9-4-2-5-10-22)30-17-29(36-32-27(33(40)41)18-35-39(30)32)28-20-38(31-26(28)13-8-14-34-31)24-15-25(16-24)42-21-23-11-6-3-7-12-23/h2-14,17-18,20,24-25H,15-16,19,21H2,1H3,(H,40,41). The molecule has 9 nitrogen and oxygen atoms in total. The Morgan fingerprint density at radius 2 is 1.74 bits per heavy atom. The third kappa shape index (κ3) is 4.77. The lowest BCUT2D eigenvalue weighted by atomic mass is 9.89. The summed E-state index contributed by atoms with van der Waals surface area (Å²) in [5.41, 5.74) is 5.13. The average Bonchev–Trinajstić information content (AvgIpc) is 3.59. The number of fused-ring (bicyclic) bond motifs is 2. The molecule has 0 bridgehead atoms. The first-order valence-corrected chi connectivity index (χ1v) is 14.0. The number of hydrogen-bond acceptors (Lipinski definition) is 6. The summed E-state index contributed by atoms with van der Waals surface area (Å²) in [5, 5.41) is 15.3. The third-order valence-corrected chi connectivity index (χ3v) is 7.99. The van der Waals surface area contributed by atoms with Crippen molar-refractivity contribution < 1.29 is 14.6 Å².